The minimum absolute atomic E-state index is 0.0509. The topological polar surface area (TPSA) is 49.3 Å². The second-order valence-electron chi connectivity index (χ2n) is 2.13. The molecule has 8 heavy (non-hydrogen) atoms. The number of hydrogen-bond donors (Lipinski definition) is 2. The first-order chi connectivity index (χ1) is 3.70. The molecule has 2 N–H and O–H groups in total. The fourth-order valence-electron chi connectivity index (χ4n) is 0.776. The summed E-state index contributed by atoms with van der Waals surface area (Å²) in [7, 11) is 0. The minimum atomic E-state index is -0.470. The molecule has 1 fully saturated rings. The van der Waals surface area contributed by atoms with Crippen LogP contribution in [0.1, 0.15) is 13.3 Å². The molecule has 0 spiro atoms. The van der Waals surface area contributed by atoms with Gasteiger partial charge in [0.2, 0.25) is 5.91 Å². The molecular formula is C5H9NO2. The van der Waals surface area contributed by atoms with E-state index in [2.05, 4.69) is 5.32 Å². The highest BCUT2D eigenvalue weighted by Gasteiger charge is 2.25. The van der Waals surface area contributed by atoms with E-state index in [-0.39, 0.29) is 18.4 Å². The molecule has 1 aliphatic rings. The third-order valence-electron chi connectivity index (χ3n) is 1.36. The lowest BCUT2D eigenvalue weighted by Crippen LogP contribution is -2.27. The predicted molar refractivity (Wildman–Crippen MR) is 28.2 cm³/mol. The van der Waals surface area contributed by atoms with Crippen LogP contribution in [0.3, 0.4) is 0 Å². The minimum Gasteiger partial charge on any atom is -0.390 e. The Morgan fingerprint density at radius 3 is 2.62 bits per heavy atom. The van der Waals surface area contributed by atoms with Crippen LogP contribution in [0.4, 0.5) is 0 Å². The van der Waals surface area contributed by atoms with Gasteiger partial charge in [0.1, 0.15) is 0 Å². The van der Waals surface area contributed by atoms with Crippen LogP contribution in [0.25, 0.3) is 0 Å². The first kappa shape index (κ1) is 5.56. The molecule has 0 aromatic carbocycles. The molecule has 3 heteroatoms. The van der Waals surface area contributed by atoms with Gasteiger partial charge in [0.25, 0.3) is 0 Å². The molecule has 1 saturated heterocycles. The van der Waals surface area contributed by atoms with Crippen molar-refractivity contribution in [2.45, 2.75) is 25.5 Å². The summed E-state index contributed by atoms with van der Waals surface area (Å²) in [4.78, 5) is 10.4. The zero-order valence-corrected chi connectivity index (χ0v) is 4.72. The van der Waals surface area contributed by atoms with Crippen molar-refractivity contribution in [2.24, 2.45) is 0 Å². The lowest BCUT2D eigenvalue weighted by atomic mass is 10.2. The van der Waals surface area contributed by atoms with E-state index in [0.29, 0.717) is 0 Å². The van der Waals surface area contributed by atoms with E-state index >= 15 is 0 Å². The van der Waals surface area contributed by atoms with Crippen LogP contribution in [0.5, 0.6) is 0 Å². The van der Waals surface area contributed by atoms with E-state index in [1.165, 1.54) is 0 Å². The number of aliphatic hydroxyl groups excluding tert-OH is 1. The Morgan fingerprint density at radius 1 is 1.88 bits per heavy atom. The Balaban J connectivity index is 2.51. The van der Waals surface area contributed by atoms with Gasteiger partial charge in [-0.1, -0.05) is 0 Å². The van der Waals surface area contributed by atoms with Gasteiger partial charge in [0, 0.05) is 0 Å². The highest BCUT2D eigenvalue weighted by Crippen LogP contribution is 2.05. The highest BCUT2D eigenvalue weighted by molar-refractivity contribution is 5.79. The highest BCUT2D eigenvalue weighted by atomic mass is 16.3. The van der Waals surface area contributed by atoms with Crippen LogP contribution in [0, 0.1) is 0 Å². The van der Waals surface area contributed by atoms with Crippen molar-refractivity contribution in [2.75, 3.05) is 0 Å². The third-order valence-corrected chi connectivity index (χ3v) is 1.36. The SMILES string of the molecule is C[C@@H]1NC(=O)C[C@@H]1O. The average Bonchev–Trinajstić information content (AvgIpc) is 1.85. The zero-order chi connectivity index (χ0) is 6.15. The average molecular weight is 115 g/mol. The van der Waals surface area contributed by atoms with Crippen LogP contribution in [0.15, 0.2) is 0 Å². The first-order valence-electron chi connectivity index (χ1n) is 2.67. The van der Waals surface area contributed by atoms with Gasteiger partial charge in [0.05, 0.1) is 18.6 Å². The van der Waals surface area contributed by atoms with Crippen molar-refractivity contribution in [3.05, 3.63) is 0 Å². The molecule has 1 aliphatic heterocycles. The number of aliphatic hydroxyl groups is 1. The van der Waals surface area contributed by atoms with Crippen LogP contribution in [-0.4, -0.2) is 23.2 Å². The summed E-state index contributed by atoms with van der Waals surface area (Å²) in [5, 5.41) is 11.5. The maximum Gasteiger partial charge on any atom is 0.222 e. The van der Waals surface area contributed by atoms with E-state index in [4.69, 9.17) is 5.11 Å². The van der Waals surface area contributed by atoms with E-state index < -0.39 is 6.10 Å². The molecule has 0 saturated carbocycles. The second kappa shape index (κ2) is 1.74. The Kier molecular flexibility index (Phi) is 1.21. The molecule has 0 aromatic heterocycles. The summed E-state index contributed by atoms with van der Waals surface area (Å²) in [5.41, 5.74) is 0. The predicted octanol–water partition coefficient (Wildman–Crippen LogP) is -0.744. The molecule has 3 nitrogen and oxygen atoms in total. The Bertz CT molecular complexity index is 101. The van der Waals surface area contributed by atoms with Gasteiger partial charge >= 0.3 is 0 Å². The van der Waals surface area contributed by atoms with Crippen LogP contribution in [-0.2, 0) is 4.79 Å². The fraction of sp³-hybridized carbons (Fsp3) is 0.800. The molecule has 0 unspecified atom stereocenters. The maximum absolute atomic E-state index is 10.4. The summed E-state index contributed by atoms with van der Waals surface area (Å²) in [6.45, 7) is 1.79. The summed E-state index contributed by atoms with van der Waals surface area (Å²) >= 11 is 0. The summed E-state index contributed by atoms with van der Waals surface area (Å²) in [5.74, 6) is -0.0509. The second-order valence-corrected chi connectivity index (χ2v) is 2.13. The van der Waals surface area contributed by atoms with Crippen molar-refractivity contribution >= 4 is 5.91 Å². The summed E-state index contributed by atoms with van der Waals surface area (Å²) < 4.78 is 0. The van der Waals surface area contributed by atoms with Crippen LogP contribution < -0.4 is 5.32 Å². The Labute approximate surface area is 47.7 Å². The lowest BCUT2D eigenvalue weighted by molar-refractivity contribution is -0.119. The van der Waals surface area contributed by atoms with Crippen molar-refractivity contribution in [3.63, 3.8) is 0 Å². The molecule has 1 amide bonds. The van der Waals surface area contributed by atoms with Crippen LogP contribution >= 0.6 is 0 Å². The number of nitrogens with one attached hydrogen (secondary N) is 1. The summed E-state index contributed by atoms with van der Waals surface area (Å²) in [6, 6.07) is -0.0532. The largest absolute Gasteiger partial charge is 0.390 e. The van der Waals surface area contributed by atoms with Gasteiger partial charge in [-0.3, -0.25) is 4.79 Å². The number of hydrogen-bond acceptors (Lipinski definition) is 2. The van der Waals surface area contributed by atoms with Gasteiger partial charge in [0.15, 0.2) is 0 Å². The monoisotopic (exact) mass is 115 g/mol. The molecule has 0 aromatic rings. The number of amides is 1. The van der Waals surface area contributed by atoms with Crippen LogP contribution in [0.2, 0.25) is 0 Å². The molecule has 0 bridgehead atoms. The van der Waals surface area contributed by atoms with Crippen molar-refractivity contribution in [1.29, 1.82) is 0 Å². The number of rotatable bonds is 0. The molecular weight excluding hydrogens is 106 g/mol. The molecule has 1 rings (SSSR count). The van der Waals surface area contributed by atoms with Crippen molar-refractivity contribution in [1.82, 2.24) is 5.32 Å². The molecule has 1 heterocycles. The summed E-state index contributed by atoms with van der Waals surface area (Å²) in [6.07, 6.45) is -0.205. The standard InChI is InChI=1S/C5H9NO2/c1-3-4(7)2-5(8)6-3/h3-4,7H,2H2,1H3,(H,6,8)/t3-,4-/m0/s1. The molecule has 0 radical (unpaired) electrons. The maximum atomic E-state index is 10.4. The smallest absolute Gasteiger partial charge is 0.222 e. The number of carbonyl (C=O) groups excluding carboxylic acids is 1. The van der Waals surface area contributed by atoms with Gasteiger partial charge in [-0.25, -0.2) is 0 Å². The fourth-order valence-corrected chi connectivity index (χ4v) is 0.776. The van der Waals surface area contributed by atoms with Crippen molar-refractivity contribution < 1.29 is 9.90 Å². The Hall–Kier alpha value is -0.570. The molecule has 0 aliphatic carbocycles. The van der Waals surface area contributed by atoms with E-state index in [9.17, 15) is 4.79 Å². The third kappa shape index (κ3) is 0.816. The number of carbonyl (C=O) groups is 1. The van der Waals surface area contributed by atoms with Gasteiger partial charge in [-0.15, -0.1) is 0 Å². The lowest BCUT2D eigenvalue weighted by Gasteiger charge is -2.03. The van der Waals surface area contributed by atoms with E-state index in [1.54, 1.807) is 6.92 Å². The van der Waals surface area contributed by atoms with Gasteiger partial charge in [-0.05, 0) is 6.92 Å². The van der Waals surface area contributed by atoms with E-state index in [0.717, 1.165) is 0 Å². The zero-order valence-electron chi connectivity index (χ0n) is 4.72. The van der Waals surface area contributed by atoms with Gasteiger partial charge < -0.3 is 10.4 Å². The Morgan fingerprint density at radius 2 is 2.50 bits per heavy atom. The van der Waals surface area contributed by atoms with E-state index in [1.807, 2.05) is 0 Å². The quantitative estimate of drug-likeness (QED) is 0.436. The normalized spacial score (nSPS) is 37.5. The first-order valence-corrected chi connectivity index (χ1v) is 2.67. The molecule has 2 atom stereocenters. The van der Waals surface area contributed by atoms with Gasteiger partial charge in [-0.2, -0.15) is 0 Å². The van der Waals surface area contributed by atoms with Crippen molar-refractivity contribution in [3.8, 4) is 0 Å². The molecule has 46 valence electrons.